The molecule has 20 heteroatoms. The molecule has 252 valence electrons. The first-order valence-electron chi connectivity index (χ1n) is 14.1. The first kappa shape index (κ1) is 34.5. The van der Waals surface area contributed by atoms with Gasteiger partial charge < -0.3 is 26.6 Å². The monoisotopic (exact) mass is 714 g/mol. The van der Waals surface area contributed by atoms with E-state index in [-0.39, 0.29) is 40.9 Å². The van der Waals surface area contributed by atoms with Gasteiger partial charge in [0, 0.05) is 25.6 Å². The molecule has 1 fully saturated rings. The molecule has 0 aliphatic carbocycles. The molecule has 48 heavy (non-hydrogen) atoms. The van der Waals surface area contributed by atoms with Crippen LogP contribution in [0.25, 0.3) is 0 Å². The predicted octanol–water partition coefficient (Wildman–Crippen LogP) is 0.373. The molecule has 0 radical (unpaired) electrons. The molecule has 3 aliphatic rings. The average Bonchev–Trinajstić information content (AvgIpc) is 3.54. The van der Waals surface area contributed by atoms with Crippen molar-refractivity contribution >= 4 is 76.0 Å². The number of terminal acetylenes is 1. The van der Waals surface area contributed by atoms with Crippen LogP contribution in [0.3, 0.4) is 0 Å². The van der Waals surface area contributed by atoms with Gasteiger partial charge in [-0.15, -0.1) is 35.0 Å². The number of phenols is 1. The topological polar surface area (TPSA) is 230 Å². The number of nitrogens with one attached hydrogen (secondary N) is 3. The second-order valence-electron chi connectivity index (χ2n) is 10.5. The molecule has 0 saturated carbocycles. The molecule has 7 N–H and O–H groups in total. The summed E-state index contributed by atoms with van der Waals surface area (Å²) in [5, 5.41) is 31.6. The van der Waals surface area contributed by atoms with E-state index < -0.39 is 46.8 Å². The molecule has 2 aromatic rings. The summed E-state index contributed by atoms with van der Waals surface area (Å²) in [5.74, 6) is 0.590. The second-order valence-corrected chi connectivity index (χ2v) is 13.5. The number of aromatic amines is 1. The van der Waals surface area contributed by atoms with Gasteiger partial charge in [-0.2, -0.15) is 9.53 Å². The number of aromatic hydroxyl groups is 1. The molecule has 2 unspecified atom stereocenters. The molecule has 3 atom stereocenters. The van der Waals surface area contributed by atoms with Crippen LogP contribution in [0.4, 0.5) is 16.4 Å². The minimum Gasteiger partial charge on any atom is -0.508 e. The zero-order valence-corrected chi connectivity index (χ0v) is 27.9. The molecule has 1 saturated heterocycles. The van der Waals surface area contributed by atoms with E-state index in [9.17, 15) is 34.2 Å². The number of aliphatic carboxylic acids is 1. The number of nitrogens with two attached hydrogens (primary N) is 1. The highest BCUT2D eigenvalue weighted by Crippen LogP contribution is 2.42. The smallest absolute Gasteiger partial charge is 0.352 e. The minimum atomic E-state index is -1.60. The average molecular weight is 715 g/mol. The lowest BCUT2D eigenvalue weighted by atomic mass is 10.00. The third kappa shape index (κ3) is 7.03. The van der Waals surface area contributed by atoms with Gasteiger partial charge in [0.25, 0.3) is 11.5 Å². The lowest BCUT2D eigenvalue weighted by molar-refractivity contribution is -0.150. The van der Waals surface area contributed by atoms with Crippen LogP contribution in [0.5, 0.6) is 5.75 Å². The zero-order chi connectivity index (χ0) is 34.7. The Hall–Kier alpha value is -4.84. The lowest BCUT2D eigenvalue weighted by Crippen LogP contribution is -2.71. The third-order valence-electron chi connectivity index (χ3n) is 7.15. The summed E-state index contributed by atoms with van der Waals surface area (Å²) >= 11 is 4.17. The molecule has 0 bridgehead atoms. The number of H-pyrrole nitrogens is 1. The fourth-order valence-corrected chi connectivity index (χ4v) is 8.39. The van der Waals surface area contributed by atoms with Crippen LogP contribution in [0, 0.1) is 12.3 Å². The molecule has 1 aromatic carbocycles. The Balaban J connectivity index is 1.39. The van der Waals surface area contributed by atoms with Crippen LogP contribution in [0.1, 0.15) is 11.6 Å². The Morgan fingerprint density at radius 2 is 1.98 bits per heavy atom. The maximum atomic E-state index is 14.0. The predicted molar refractivity (Wildman–Crippen MR) is 183 cm³/mol. The number of β-lactam (4-membered cyclic amide) rings is 1. The van der Waals surface area contributed by atoms with Gasteiger partial charge in [0.2, 0.25) is 11.9 Å². The number of fused-ring (bicyclic) bond motifs is 1. The fourth-order valence-electron chi connectivity index (χ4n) is 4.98. The number of carbonyl (C=O) groups is 4. The van der Waals surface area contributed by atoms with Crippen molar-refractivity contribution in [2.24, 2.45) is 10.8 Å². The lowest BCUT2D eigenvalue weighted by Gasteiger charge is -2.49. The van der Waals surface area contributed by atoms with Gasteiger partial charge in [-0.3, -0.25) is 29.2 Å². The number of carboxylic acids is 1. The van der Waals surface area contributed by atoms with E-state index in [2.05, 4.69) is 31.6 Å². The molecule has 4 heterocycles. The van der Waals surface area contributed by atoms with Gasteiger partial charge in [-0.05, 0) is 35.2 Å². The van der Waals surface area contributed by atoms with Gasteiger partial charge >= 0.3 is 12.0 Å². The summed E-state index contributed by atoms with van der Waals surface area (Å²) in [6.45, 7) is 0.0506. The Kier molecular flexibility index (Phi) is 10.4. The van der Waals surface area contributed by atoms with E-state index in [0.29, 0.717) is 22.0 Å². The molecule has 1 aromatic heterocycles. The number of benzene rings is 1. The molecule has 3 aliphatic heterocycles. The number of primary amides is 1. The molecule has 0 spiro atoms. The first-order valence-corrected chi connectivity index (χ1v) is 17.0. The number of urea groups is 1. The summed E-state index contributed by atoms with van der Waals surface area (Å²) in [5.41, 5.74) is 5.03. The van der Waals surface area contributed by atoms with Crippen molar-refractivity contribution in [1.29, 1.82) is 0 Å². The standard InChI is InChI=1S/C28H30N10O7S3/c1-4-9-30-28-31-10-17(22(40)33-28)36(27(29)45)20(14-5-7-16(39)8-6-14)23(41)32-19-24(42)37-21(26(43)44)15(12-47-25(19)37)11-46-18-13-48-38(34-18)35(2)3/h1,5-8,10,19-20,25,39H,9,11-13H2,2-3H3,(H2,29,45)(H,32,41)(H,43,44)(H2,30,31,33,40)/t19?,20?,25-/m0/s1. The van der Waals surface area contributed by atoms with E-state index >= 15 is 0 Å². The van der Waals surface area contributed by atoms with E-state index in [1.54, 1.807) is 4.52 Å². The quantitative estimate of drug-likeness (QED) is 0.105. The number of hydrazone groups is 1. The number of hydrogen-bond donors (Lipinski definition) is 6. The summed E-state index contributed by atoms with van der Waals surface area (Å²) in [7, 11) is 3.70. The van der Waals surface area contributed by atoms with Crippen LogP contribution in [0.2, 0.25) is 0 Å². The van der Waals surface area contributed by atoms with E-state index in [1.165, 1.54) is 59.7 Å². The van der Waals surface area contributed by atoms with Gasteiger partial charge in [-0.1, -0.05) is 18.1 Å². The molecular formula is C28H30N10O7S3. The first-order chi connectivity index (χ1) is 22.9. The minimum absolute atomic E-state index is 0.0111. The van der Waals surface area contributed by atoms with E-state index in [4.69, 9.17) is 12.2 Å². The van der Waals surface area contributed by atoms with Crippen molar-refractivity contribution in [2.75, 3.05) is 48.1 Å². The SMILES string of the molecule is C#CCNc1ncc(N(C(N)=O)C(C(=O)NC2C(=O)N3C(C(=O)O)=C(CSC4=NN(N(C)C)SC4)CS[C@@H]23)c2ccc(O)cc2)c(=O)[nH]1. The van der Waals surface area contributed by atoms with Gasteiger partial charge in [0.05, 0.1) is 18.5 Å². The number of carboxylic acid groups (broad SMARTS) is 1. The Labute approximate surface area is 286 Å². The van der Waals surface area contributed by atoms with Crippen molar-refractivity contribution in [1.82, 2.24) is 29.7 Å². The van der Waals surface area contributed by atoms with Crippen LogP contribution in [-0.4, -0.2) is 113 Å². The normalized spacial score (nSPS) is 19.2. The Morgan fingerprint density at radius 3 is 2.58 bits per heavy atom. The Bertz CT molecular complexity index is 1790. The summed E-state index contributed by atoms with van der Waals surface area (Å²) < 4.78 is 1.72. The zero-order valence-electron chi connectivity index (χ0n) is 25.4. The Morgan fingerprint density at radius 1 is 1.25 bits per heavy atom. The van der Waals surface area contributed by atoms with Crippen molar-refractivity contribution in [3.8, 4) is 18.1 Å². The molecular weight excluding hydrogens is 685 g/mol. The largest absolute Gasteiger partial charge is 0.508 e. The third-order valence-corrected chi connectivity index (χ3v) is 10.8. The number of carbonyl (C=O) groups excluding carboxylic acids is 3. The van der Waals surface area contributed by atoms with Crippen LogP contribution in [-0.2, 0) is 14.4 Å². The summed E-state index contributed by atoms with van der Waals surface area (Å²) in [6, 6.07) is 1.30. The highest BCUT2D eigenvalue weighted by Gasteiger charge is 2.55. The number of hydrogen-bond acceptors (Lipinski definition) is 14. The van der Waals surface area contributed by atoms with Crippen molar-refractivity contribution in [3.05, 3.63) is 57.6 Å². The number of aromatic nitrogens is 2. The number of rotatable bonds is 11. The van der Waals surface area contributed by atoms with Gasteiger partial charge in [0.15, 0.2) is 0 Å². The molecule has 5 rings (SSSR count). The number of anilines is 2. The van der Waals surface area contributed by atoms with E-state index in [0.717, 1.165) is 16.1 Å². The number of nitrogens with zero attached hydrogens (tertiary/aromatic N) is 6. The maximum absolute atomic E-state index is 14.0. The highest BCUT2D eigenvalue weighted by molar-refractivity contribution is 8.16. The van der Waals surface area contributed by atoms with Crippen molar-refractivity contribution in [2.45, 2.75) is 17.5 Å². The fraction of sp³-hybridized carbons (Fsp3) is 0.321. The maximum Gasteiger partial charge on any atom is 0.352 e. The highest BCUT2D eigenvalue weighted by atomic mass is 32.2. The summed E-state index contributed by atoms with van der Waals surface area (Å²) in [6.07, 6.45) is 6.27. The molecule has 4 amide bonds. The number of amides is 4. The summed E-state index contributed by atoms with van der Waals surface area (Å²) in [4.78, 5) is 74.0. The number of thioether (sulfide) groups is 2. The van der Waals surface area contributed by atoms with Crippen molar-refractivity contribution < 1.29 is 29.4 Å². The number of phenolic OH excluding ortho intramolecular Hbond substituents is 1. The molecule has 17 nitrogen and oxygen atoms in total. The van der Waals surface area contributed by atoms with Gasteiger partial charge in [-0.25, -0.2) is 14.6 Å². The van der Waals surface area contributed by atoms with Crippen LogP contribution < -0.4 is 26.8 Å². The van der Waals surface area contributed by atoms with E-state index in [1.807, 2.05) is 19.1 Å². The van der Waals surface area contributed by atoms with Gasteiger partial charge in [0.1, 0.15) is 39.6 Å². The van der Waals surface area contributed by atoms with Crippen molar-refractivity contribution in [3.63, 3.8) is 0 Å². The van der Waals surface area contributed by atoms with Crippen LogP contribution >= 0.6 is 35.5 Å². The second kappa shape index (κ2) is 14.5. The van der Waals surface area contributed by atoms with Crippen LogP contribution in [0.15, 0.2) is 51.6 Å². The number of hydrazine groups is 1.